The van der Waals surface area contributed by atoms with Crippen molar-refractivity contribution >= 4 is 11.9 Å². The lowest BCUT2D eigenvalue weighted by molar-refractivity contribution is -0.0328. The third-order valence-electron chi connectivity index (χ3n) is 3.97. The topological polar surface area (TPSA) is 277 Å². The molecule has 0 aliphatic carbocycles. The second-order valence-corrected chi connectivity index (χ2v) is 6.47. The van der Waals surface area contributed by atoms with Gasteiger partial charge in [-0.2, -0.15) is 0 Å². The largest absolute Gasteiger partial charge is 0.504 e. The zero-order valence-corrected chi connectivity index (χ0v) is 16.8. The number of aromatic carboxylic acids is 2. The summed E-state index contributed by atoms with van der Waals surface area (Å²) in [6.45, 7) is -1.62. The van der Waals surface area contributed by atoms with Gasteiger partial charge in [0.25, 0.3) is 0 Å². The van der Waals surface area contributed by atoms with Crippen molar-refractivity contribution in [3.8, 4) is 34.5 Å². The number of aliphatic hydroxyl groups excluding tert-OH is 4. The van der Waals surface area contributed by atoms with E-state index in [0.717, 1.165) is 24.3 Å². The van der Waals surface area contributed by atoms with E-state index in [0.29, 0.717) is 0 Å². The van der Waals surface area contributed by atoms with E-state index in [9.17, 15) is 9.59 Å². The Kier molecular flexibility index (Phi) is 11.2. The summed E-state index contributed by atoms with van der Waals surface area (Å²) >= 11 is 0. The van der Waals surface area contributed by atoms with Gasteiger partial charge in [-0.3, -0.25) is 0 Å². The van der Waals surface area contributed by atoms with Crippen molar-refractivity contribution in [3.05, 3.63) is 35.4 Å². The molecule has 0 fully saturated rings. The summed E-state index contributed by atoms with van der Waals surface area (Å²) < 4.78 is 0. The average molecular weight is 476 g/mol. The first-order valence-corrected chi connectivity index (χ1v) is 8.69. The Bertz CT molecular complexity index is 820. The maximum Gasteiger partial charge on any atom is 0.335 e. The number of carboxylic acid groups (broad SMARTS) is 2. The lowest BCUT2D eigenvalue weighted by Gasteiger charge is -2.23. The molecule has 0 atom stereocenters. The van der Waals surface area contributed by atoms with E-state index in [-0.39, 0.29) is 11.1 Å². The molecule has 0 bridgehead atoms. The Morgan fingerprint density at radius 2 is 0.758 bits per heavy atom. The fourth-order valence-corrected chi connectivity index (χ4v) is 1.76. The molecule has 0 heterocycles. The first-order valence-electron chi connectivity index (χ1n) is 8.69. The van der Waals surface area contributed by atoms with Gasteiger partial charge in [-0.1, -0.05) is 0 Å². The highest BCUT2D eigenvalue weighted by Gasteiger charge is 2.26. The molecule has 14 nitrogen and oxygen atoms in total. The minimum Gasteiger partial charge on any atom is -0.504 e. The summed E-state index contributed by atoms with van der Waals surface area (Å²) in [5.41, 5.74) is -1.69. The highest BCUT2D eigenvalue weighted by atomic mass is 16.4. The molecule has 2 aromatic rings. The molecule has 0 saturated carbocycles. The molecule has 2 rings (SSSR count). The van der Waals surface area contributed by atoms with Gasteiger partial charge in [-0.25, -0.2) is 9.59 Å². The van der Waals surface area contributed by atoms with E-state index in [1.165, 1.54) is 0 Å². The summed E-state index contributed by atoms with van der Waals surface area (Å²) in [6.07, 6.45) is 0. The molecule has 0 radical (unpaired) electrons. The fraction of sp³-hybridized carbons (Fsp3) is 0.263. The third-order valence-corrected chi connectivity index (χ3v) is 3.97. The number of hydrogen-bond acceptors (Lipinski definition) is 12. The number of phenolic OH excluding ortho intramolecular Hbond substituents is 6. The maximum absolute atomic E-state index is 10.3. The minimum atomic E-state index is -1.29. The summed E-state index contributed by atoms with van der Waals surface area (Å²) in [5, 5.41) is 104. The number of carbonyl (C=O) groups is 2. The van der Waals surface area contributed by atoms with Crippen LogP contribution >= 0.6 is 0 Å². The van der Waals surface area contributed by atoms with Gasteiger partial charge in [0.2, 0.25) is 0 Å². The predicted molar refractivity (Wildman–Crippen MR) is 108 cm³/mol. The lowest BCUT2D eigenvalue weighted by atomic mass is 9.93. The van der Waals surface area contributed by atoms with Gasteiger partial charge in [0.05, 0.1) is 43.0 Å². The molecule has 2 aromatic carbocycles. The second kappa shape index (κ2) is 12.8. The van der Waals surface area contributed by atoms with Crippen LogP contribution in [0.25, 0.3) is 0 Å². The van der Waals surface area contributed by atoms with Crippen LogP contribution in [0.15, 0.2) is 24.3 Å². The van der Waals surface area contributed by atoms with Gasteiger partial charge in [0, 0.05) is 0 Å². The highest BCUT2D eigenvalue weighted by Crippen LogP contribution is 2.36. The smallest absolute Gasteiger partial charge is 0.335 e. The number of aliphatic hydroxyl groups is 4. The second-order valence-electron chi connectivity index (χ2n) is 6.47. The zero-order valence-electron chi connectivity index (χ0n) is 16.8. The van der Waals surface area contributed by atoms with Gasteiger partial charge in [-0.05, 0) is 24.3 Å². The van der Waals surface area contributed by atoms with Crippen molar-refractivity contribution in [3.63, 3.8) is 0 Å². The average Bonchev–Trinajstić information content (AvgIpc) is 2.77. The zero-order chi connectivity index (χ0) is 25.9. The number of aromatic hydroxyl groups is 6. The quantitative estimate of drug-likeness (QED) is 0.222. The van der Waals surface area contributed by atoms with Crippen LogP contribution in [-0.4, -0.2) is 99.6 Å². The van der Waals surface area contributed by atoms with E-state index < -0.39 is 78.3 Å². The normalized spacial score (nSPS) is 10.3. The van der Waals surface area contributed by atoms with Crippen molar-refractivity contribution in [2.75, 3.05) is 26.4 Å². The molecule has 0 aromatic heterocycles. The molecule has 0 saturated heterocycles. The summed E-state index contributed by atoms with van der Waals surface area (Å²) in [7, 11) is 0. The molecule has 0 amide bonds. The van der Waals surface area contributed by atoms with Crippen LogP contribution < -0.4 is 0 Å². The van der Waals surface area contributed by atoms with Crippen molar-refractivity contribution in [1.82, 2.24) is 0 Å². The van der Waals surface area contributed by atoms with Gasteiger partial charge < -0.3 is 61.3 Å². The van der Waals surface area contributed by atoms with Gasteiger partial charge in [0.15, 0.2) is 34.5 Å². The van der Waals surface area contributed by atoms with E-state index in [4.69, 9.17) is 61.3 Å². The summed E-state index contributed by atoms with van der Waals surface area (Å²) in [4.78, 5) is 20.6. The van der Waals surface area contributed by atoms with Crippen molar-refractivity contribution in [2.24, 2.45) is 5.41 Å². The fourth-order valence-electron chi connectivity index (χ4n) is 1.76. The summed E-state index contributed by atoms with van der Waals surface area (Å²) in [5.74, 6) is -6.67. The standard InChI is InChI=1S/2C7H6O5.C5H12O4/c2*8-4-1-3(7(11)12)2-5(9)6(4)10;6-1-5(2-7,3-8)4-9/h2*1-2,8-10H,(H,11,12);6-9H,1-4H2. The Labute approximate surface area is 185 Å². The van der Waals surface area contributed by atoms with Crippen LogP contribution in [0.3, 0.4) is 0 Å². The van der Waals surface area contributed by atoms with Crippen LogP contribution in [0.4, 0.5) is 0 Å². The lowest BCUT2D eigenvalue weighted by Crippen LogP contribution is -2.37. The molecule has 0 aliphatic heterocycles. The molecule has 33 heavy (non-hydrogen) atoms. The van der Waals surface area contributed by atoms with Gasteiger partial charge >= 0.3 is 11.9 Å². The third kappa shape index (κ3) is 8.23. The number of benzene rings is 2. The van der Waals surface area contributed by atoms with Crippen LogP contribution in [-0.2, 0) is 0 Å². The van der Waals surface area contributed by atoms with E-state index in [1.807, 2.05) is 0 Å². The molecule has 0 unspecified atom stereocenters. The van der Waals surface area contributed by atoms with Crippen LogP contribution in [0.1, 0.15) is 20.7 Å². The van der Waals surface area contributed by atoms with Gasteiger partial charge in [-0.15, -0.1) is 0 Å². The number of rotatable bonds is 6. The Balaban J connectivity index is 0.000000472. The minimum absolute atomic E-state index is 0.289. The summed E-state index contributed by atoms with van der Waals surface area (Å²) in [6, 6.07) is 3.38. The predicted octanol–water partition coefficient (Wildman–Crippen LogP) is -1.05. The molecule has 184 valence electrons. The first kappa shape index (κ1) is 29.0. The van der Waals surface area contributed by atoms with E-state index in [2.05, 4.69) is 0 Å². The molecule has 14 heteroatoms. The Morgan fingerprint density at radius 1 is 0.545 bits per heavy atom. The van der Waals surface area contributed by atoms with Crippen LogP contribution in [0, 0.1) is 5.41 Å². The van der Waals surface area contributed by atoms with E-state index >= 15 is 0 Å². The van der Waals surface area contributed by atoms with Gasteiger partial charge in [0.1, 0.15) is 0 Å². The highest BCUT2D eigenvalue weighted by molar-refractivity contribution is 5.89. The maximum atomic E-state index is 10.3. The van der Waals surface area contributed by atoms with Crippen LogP contribution in [0.5, 0.6) is 34.5 Å². The SMILES string of the molecule is O=C(O)c1cc(O)c(O)c(O)c1.O=C(O)c1cc(O)c(O)c(O)c1.OCC(CO)(CO)CO. The van der Waals surface area contributed by atoms with Crippen molar-refractivity contribution in [1.29, 1.82) is 0 Å². The molecule has 0 spiro atoms. The molecular weight excluding hydrogens is 452 g/mol. The number of hydrogen-bond donors (Lipinski definition) is 12. The van der Waals surface area contributed by atoms with Crippen molar-refractivity contribution in [2.45, 2.75) is 0 Å². The molecule has 12 N–H and O–H groups in total. The van der Waals surface area contributed by atoms with Crippen molar-refractivity contribution < 1.29 is 70.9 Å². The monoisotopic (exact) mass is 476 g/mol. The molecular formula is C19H24O14. The number of carboxylic acids is 2. The Morgan fingerprint density at radius 3 is 0.879 bits per heavy atom. The first-order chi connectivity index (χ1) is 15.3. The van der Waals surface area contributed by atoms with E-state index in [1.54, 1.807) is 0 Å². The Hall–Kier alpha value is -3.98. The molecule has 0 aliphatic rings. The van der Waals surface area contributed by atoms with Crippen LogP contribution in [0.2, 0.25) is 0 Å². The number of phenols is 6.